The number of hydrogen-bond donors (Lipinski definition) is 2. The summed E-state index contributed by atoms with van der Waals surface area (Å²) in [6, 6.07) is 8.44. The summed E-state index contributed by atoms with van der Waals surface area (Å²) in [6.07, 6.45) is 5.83. The van der Waals surface area contributed by atoms with Crippen molar-refractivity contribution in [2.75, 3.05) is 27.3 Å². The zero-order chi connectivity index (χ0) is 22.9. The van der Waals surface area contributed by atoms with Crippen LogP contribution in [0, 0.1) is 0 Å². The van der Waals surface area contributed by atoms with Crippen molar-refractivity contribution < 1.29 is 19.1 Å². The van der Waals surface area contributed by atoms with Gasteiger partial charge in [-0.05, 0) is 43.5 Å². The van der Waals surface area contributed by atoms with Crippen LogP contribution in [0.15, 0.2) is 28.8 Å². The van der Waals surface area contributed by atoms with E-state index in [2.05, 4.69) is 36.3 Å². The molecular formula is C25H39N3O4. The summed E-state index contributed by atoms with van der Waals surface area (Å²) >= 11 is 0. The summed E-state index contributed by atoms with van der Waals surface area (Å²) in [5.74, 6) is 2.50. The standard InChI is InChI=1S/C25H39N3O4/c1-18(2)23-13-22(32-27-23)15-26-14-19-10-11-24(25(12-19)30-4)31-17-21(29)16-28(3)20-8-6-5-7-9-20/h10-13,18,20-21,26,29H,5-9,14-17H2,1-4H3. The number of nitrogens with one attached hydrogen (secondary N) is 1. The van der Waals surface area contributed by atoms with Gasteiger partial charge in [-0.25, -0.2) is 0 Å². The summed E-state index contributed by atoms with van der Waals surface area (Å²) in [4.78, 5) is 2.28. The molecule has 1 heterocycles. The number of rotatable bonds is 12. The smallest absolute Gasteiger partial charge is 0.161 e. The molecule has 178 valence electrons. The molecule has 1 unspecified atom stereocenters. The number of likely N-dealkylation sites (N-methyl/N-ethyl adjacent to an activating group) is 1. The summed E-state index contributed by atoms with van der Waals surface area (Å²) in [7, 11) is 3.73. The molecule has 0 amide bonds. The Bertz CT molecular complexity index is 817. The molecule has 0 aliphatic heterocycles. The van der Waals surface area contributed by atoms with Gasteiger partial charge in [-0.2, -0.15) is 0 Å². The monoisotopic (exact) mass is 445 g/mol. The van der Waals surface area contributed by atoms with E-state index in [9.17, 15) is 5.11 Å². The highest BCUT2D eigenvalue weighted by Gasteiger charge is 2.20. The molecule has 0 spiro atoms. The first-order valence-corrected chi connectivity index (χ1v) is 11.8. The fourth-order valence-corrected chi connectivity index (χ4v) is 4.20. The van der Waals surface area contributed by atoms with Gasteiger partial charge in [0.25, 0.3) is 0 Å². The predicted octanol–water partition coefficient (Wildman–Crippen LogP) is 4.10. The minimum Gasteiger partial charge on any atom is -0.493 e. The van der Waals surface area contributed by atoms with Gasteiger partial charge in [0, 0.05) is 25.2 Å². The number of ether oxygens (including phenoxy) is 2. The van der Waals surface area contributed by atoms with E-state index in [0.29, 0.717) is 43.1 Å². The highest BCUT2D eigenvalue weighted by atomic mass is 16.5. The second kappa shape index (κ2) is 12.2. The first kappa shape index (κ1) is 24.6. The van der Waals surface area contributed by atoms with Crippen LogP contribution in [-0.4, -0.2) is 54.6 Å². The van der Waals surface area contributed by atoms with E-state index >= 15 is 0 Å². The number of aromatic nitrogens is 1. The summed E-state index contributed by atoms with van der Waals surface area (Å²) in [5, 5.41) is 17.9. The van der Waals surface area contributed by atoms with Crippen molar-refractivity contribution in [3.63, 3.8) is 0 Å². The van der Waals surface area contributed by atoms with Crippen LogP contribution >= 0.6 is 0 Å². The molecule has 1 saturated carbocycles. The van der Waals surface area contributed by atoms with E-state index < -0.39 is 6.10 Å². The van der Waals surface area contributed by atoms with Crippen molar-refractivity contribution in [3.05, 3.63) is 41.3 Å². The van der Waals surface area contributed by atoms with Crippen LogP contribution < -0.4 is 14.8 Å². The molecule has 2 aromatic rings. The molecule has 0 saturated heterocycles. The number of hydrogen-bond acceptors (Lipinski definition) is 7. The Hall–Kier alpha value is -2.09. The third-order valence-electron chi connectivity index (χ3n) is 6.15. The maximum absolute atomic E-state index is 10.5. The average Bonchev–Trinajstić information content (AvgIpc) is 3.28. The molecule has 0 bridgehead atoms. The van der Waals surface area contributed by atoms with Crippen molar-refractivity contribution in [3.8, 4) is 11.5 Å². The highest BCUT2D eigenvalue weighted by Crippen LogP contribution is 2.28. The van der Waals surface area contributed by atoms with Crippen molar-refractivity contribution in [2.24, 2.45) is 0 Å². The van der Waals surface area contributed by atoms with E-state index in [1.54, 1.807) is 7.11 Å². The lowest BCUT2D eigenvalue weighted by Crippen LogP contribution is -2.40. The molecule has 2 N–H and O–H groups in total. The van der Waals surface area contributed by atoms with E-state index in [1.807, 2.05) is 24.3 Å². The summed E-state index contributed by atoms with van der Waals surface area (Å²) < 4.78 is 16.8. The van der Waals surface area contributed by atoms with Crippen LogP contribution in [0.5, 0.6) is 11.5 Å². The average molecular weight is 446 g/mol. The van der Waals surface area contributed by atoms with E-state index in [0.717, 1.165) is 17.0 Å². The number of methoxy groups -OCH3 is 1. The molecule has 7 nitrogen and oxygen atoms in total. The first-order valence-electron chi connectivity index (χ1n) is 11.8. The van der Waals surface area contributed by atoms with Crippen molar-refractivity contribution in [1.82, 2.24) is 15.4 Å². The maximum atomic E-state index is 10.5. The number of nitrogens with zero attached hydrogens (tertiary/aromatic N) is 2. The molecule has 1 aliphatic rings. The van der Waals surface area contributed by atoms with Gasteiger partial charge in [-0.1, -0.05) is 44.3 Å². The molecule has 3 rings (SSSR count). The Morgan fingerprint density at radius 1 is 1.16 bits per heavy atom. The Balaban J connectivity index is 1.45. The Kier molecular flexibility index (Phi) is 9.38. The highest BCUT2D eigenvalue weighted by molar-refractivity contribution is 5.43. The van der Waals surface area contributed by atoms with Crippen molar-refractivity contribution >= 4 is 0 Å². The van der Waals surface area contributed by atoms with Crippen molar-refractivity contribution in [1.29, 1.82) is 0 Å². The van der Waals surface area contributed by atoms with Gasteiger partial charge in [0.15, 0.2) is 17.3 Å². The zero-order valence-corrected chi connectivity index (χ0v) is 20.0. The second-order valence-electron chi connectivity index (χ2n) is 9.16. The second-order valence-corrected chi connectivity index (χ2v) is 9.16. The van der Waals surface area contributed by atoms with Crippen LogP contribution in [0.2, 0.25) is 0 Å². The quantitative estimate of drug-likeness (QED) is 0.509. The molecule has 1 aromatic heterocycles. The van der Waals surface area contributed by atoms with E-state index in [1.165, 1.54) is 32.1 Å². The Labute approximate surface area is 192 Å². The topological polar surface area (TPSA) is 80.0 Å². The van der Waals surface area contributed by atoms with Crippen LogP contribution in [-0.2, 0) is 13.1 Å². The first-order chi connectivity index (χ1) is 15.5. The zero-order valence-electron chi connectivity index (χ0n) is 20.0. The van der Waals surface area contributed by atoms with Crippen LogP contribution in [0.3, 0.4) is 0 Å². The van der Waals surface area contributed by atoms with Gasteiger partial charge in [0.2, 0.25) is 0 Å². The maximum Gasteiger partial charge on any atom is 0.161 e. The molecule has 32 heavy (non-hydrogen) atoms. The molecule has 1 fully saturated rings. The normalized spacial score (nSPS) is 16.0. The van der Waals surface area contributed by atoms with Gasteiger partial charge < -0.3 is 29.3 Å². The number of benzene rings is 1. The number of aliphatic hydroxyl groups excluding tert-OH is 1. The lowest BCUT2D eigenvalue weighted by atomic mass is 9.94. The molecule has 1 aromatic carbocycles. The van der Waals surface area contributed by atoms with Crippen molar-refractivity contribution in [2.45, 2.75) is 77.1 Å². The minimum atomic E-state index is -0.536. The lowest BCUT2D eigenvalue weighted by Gasteiger charge is -2.32. The van der Waals surface area contributed by atoms with Gasteiger partial charge in [-0.3, -0.25) is 0 Å². The van der Waals surface area contributed by atoms with Crippen LogP contribution in [0.4, 0.5) is 0 Å². The Morgan fingerprint density at radius 2 is 1.94 bits per heavy atom. The minimum absolute atomic E-state index is 0.245. The van der Waals surface area contributed by atoms with Gasteiger partial charge in [-0.15, -0.1) is 0 Å². The van der Waals surface area contributed by atoms with Gasteiger partial charge in [0.1, 0.15) is 12.7 Å². The van der Waals surface area contributed by atoms with E-state index in [4.69, 9.17) is 14.0 Å². The molecule has 1 atom stereocenters. The largest absolute Gasteiger partial charge is 0.493 e. The third kappa shape index (κ3) is 7.22. The van der Waals surface area contributed by atoms with Gasteiger partial charge >= 0.3 is 0 Å². The third-order valence-corrected chi connectivity index (χ3v) is 6.15. The Morgan fingerprint density at radius 3 is 2.62 bits per heavy atom. The fourth-order valence-electron chi connectivity index (χ4n) is 4.20. The fraction of sp³-hybridized carbons (Fsp3) is 0.640. The molecule has 1 aliphatic carbocycles. The molecule has 0 radical (unpaired) electrons. The van der Waals surface area contributed by atoms with Gasteiger partial charge in [0.05, 0.1) is 19.3 Å². The lowest BCUT2D eigenvalue weighted by molar-refractivity contribution is 0.0553. The van der Waals surface area contributed by atoms with Crippen LogP contribution in [0.1, 0.15) is 68.9 Å². The van der Waals surface area contributed by atoms with Crippen LogP contribution in [0.25, 0.3) is 0 Å². The number of aliphatic hydroxyl groups is 1. The molecular weight excluding hydrogens is 406 g/mol. The molecule has 7 heteroatoms. The SMILES string of the molecule is COc1cc(CNCc2cc(C(C)C)no2)ccc1OCC(O)CN(C)C1CCCCC1. The van der Waals surface area contributed by atoms with E-state index in [-0.39, 0.29) is 6.61 Å². The predicted molar refractivity (Wildman–Crippen MR) is 125 cm³/mol. The summed E-state index contributed by atoms with van der Waals surface area (Å²) in [5.41, 5.74) is 2.05. The summed E-state index contributed by atoms with van der Waals surface area (Å²) in [6.45, 7) is 6.34.